The van der Waals surface area contributed by atoms with Gasteiger partial charge in [-0.25, -0.2) is 4.98 Å². The predicted octanol–water partition coefficient (Wildman–Crippen LogP) is 0.719. The molecule has 1 aliphatic heterocycles. The van der Waals surface area contributed by atoms with Crippen LogP contribution in [-0.4, -0.2) is 27.5 Å². The van der Waals surface area contributed by atoms with E-state index in [0.29, 0.717) is 0 Å². The van der Waals surface area contributed by atoms with Gasteiger partial charge in [0, 0.05) is 25.4 Å². The molecular formula is C8H13N3. The van der Waals surface area contributed by atoms with Crippen LogP contribution < -0.4 is 0 Å². The van der Waals surface area contributed by atoms with E-state index in [1.807, 2.05) is 6.20 Å². The number of imidazole rings is 1. The van der Waals surface area contributed by atoms with Crippen molar-refractivity contribution in [1.82, 2.24) is 14.5 Å². The Bertz CT molecular complexity index is 241. The zero-order valence-corrected chi connectivity index (χ0v) is 6.82. The maximum Gasteiger partial charge on any atom is 0.111 e. The Hall–Kier alpha value is -0.830. The minimum absolute atomic E-state index is 1.02. The van der Waals surface area contributed by atoms with E-state index in [2.05, 4.69) is 27.6 Å². The maximum atomic E-state index is 4.26. The highest BCUT2D eigenvalue weighted by Crippen LogP contribution is 2.08. The smallest absolute Gasteiger partial charge is 0.111 e. The highest BCUT2D eigenvalue weighted by atomic mass is 15.3. The van der Waals surface area contributed by atoms with Gasteiger partial charge in [0.1, 0.15) is 5.82 Å². The fourth-order valence-corrected chi connectivity index (χ4v) is 1.50. The van der Waals surface area contributed by atoms with Gasteiger partial charge >= 0.3 is 0 Å². The second-order valence-corrected chi connectivity index (χ2v) is 2.92. The number of hydrogen-bond acceptors (Lipinski definition) is 2. The fourth-order valence-electron chi connectivity index (χ4n) is 1.50. The van der Waals surface area contributed by atoms with E-state index in [9.17, 15) is 0 Å². The molecule has 0 aromatic carbocycles. The summed E-state index contributed by atoms with van der Waals surface area (Å²) in [6, 6.07) is 0. The highest BCUT2D eigenvalue weighted by Gasteiger charge is 2.13. The van der Waals surface area contributed by atoms with Gasteiger partial charge < -0.3 is 4.57 Å². The number of hydrogen-bond donors (Lipinski definition) is 0. The first-order chi connectivity index (χ1) is 5.40. The monoisotopic (exact) mass is 151 g/mol. The number of rotatable bonds is 1. The maximum absolute atomic E-state index is 4.26. The molecule has 0 aliphatic carbocycles. The molecule has 0 fully saturated rings. The summed E-state index contributed by atoms with van der Waals surface area (Å²) in [5.74, 6) is 1.23. The molecule has 0 saturated carbocycles. The molecule has 2 rings (SSSR count). The van der Waals surface area contributed by atoms with Crippen LogP contribution in [0.15, 0.2) is 12.4 Å². The SMILES string of the molecule is CCN1CCc2nccn2C1. The van der Waals surface area contributed by atoms with Crippen LogP contribution in [0.5, 0.6) is 0 Å². The molecule has 0 radical (unpaired) electrons. The third-order valence-corrected chi connectivity index (χ3v) is 2.25. The third-order valence-electron chi connectivity index (χ3n) is 2.25. The summed E-state index contributed by atoms with van der Waals surface area (Å²) in [7, 11) is 0. The van der Waals surface area contributed by atoms with Crippen LogP contribution in [0.25, 0.3) is 0 Å². The lowest BCUT2D eigenvalue weighted by Gasteiger charge is -2.26. The Morgan fingerprint density at radius 2 is 2.55 bits per heavy atom. The summed E-state index contributed by atoms with van der Waals surface area (Å²) in [5, 5.41) is 0. The molecule has 11 heavy (non-hydrogen) atoms. The van der Waals surface area contributed by atoms with Gasteiger partial charge in [-0.2, -0.15) is 0 Å². The van der Waals surface area contributed by atoms with Crippen molar-refractivity contribution in [3.8, 4) is 0 Å². The van der Waals surface area contributed by atoms with E-state index in [-0.39, 0.29) is 0 Å². The topological polar surface area (TPSA) is 21.1 Å². The van der Waals surface area contributed by atoms with Crippen LogP contribution in [0.4, 0.5) is 0 Å². The average molecular weight is 151 g/mol. The van der Waals surface area contributed by atoms with Crippen molar-refractivity contribution < 1.29 is 0 Å². The molecule has 60 valence electrons. The lowest BCUT2D eigenvalue weighted by molar-refractivity contribution is 0.202. The van der Waals surface area contributed by atoms with Crippen molar-refractivity contribution in [1.29, 1.82) is 0 Å². The molecule has 3 heteroatoms. The summed E-state index contributed by atoms with van der Waals surface area (Å²) in [6.45, 7) is 5.51. The molecule has 2 heterocycles. The lowest BCUT2D eigenvalue weighted by atomic mass is 10.3. The van der Waals surface area contributed by atoms with Crippen LogP contribution in [-0.2, 0) is 13.1 Å². The molecule has 0 saturated heterocycles. The van der Waals surface area contributed by atoms with E-state index < -0.39 is 0 Å². The van der Waals surface area contributed by atoms with Crippen LogP contribution >= 0.6 is 0 Å². The fraction of sp³-hybridized carbons (Fsp3) is 0.625. The number of aromatic nitrogens is 2. The Morgan fingerprint density at radius 1 is 1.64 bits per heavy atom. The summed E-state index contributed by atoms with van der Waals surface area (Å²) >= 11 is 0. The molecule has 1 aromatic heterocycles. The van der Waals surface area contributed by atoms with Gasteiger partial charge in [0.2, 0.25) is 0 Å². The van der Waals surface area contributed by atoms with Crippen LogP contribution in [0.2, 0.25) is 0 Å². The molecule has 0 atom stereocenters. The van der Waals surface area contributed by atoms with Gasteiger partial charge in [-0.3, -0.25) is 4.90 Å². The van der Waals surface area contributed by atoms with Gasteiger partial charge in [0.25, 0.3) is 0 Å². The van der Waals surface area contributed by atoms with Crippen molar-refractivity contribution in [2.45, 2.75) is 20.0 Å². The Kier molecular flexibility index (Phi) is 1.66. The van der Waals surface area contributed by atoms with Gasteiger partial charge in [-0.1, -0.05) is 6.92 Å². The van der Waals surface area contributed by atoms with Crippen LogP contribution in [0.3, 0.4) is 0 Å². The number of nitrogens with zero attached hydrogens (tertiary/aromatic N) is 3. The average Bonchev–Trinajstić information content (AvgIpc) is 2.50. The first-order valence-electron chi connectivity index (χ1n) is 4.12. The first-order valence-corrected chi connectivity index (χ1v) is 4.12. The molecule has 0 N–H and O–H groups in total. The van der Waals surface area contributed by atoms with Gasteiger partial charge in [-0.15, -0.1) is 0 Å². The Balaban J connectivity index is 2.18. The second-order valence-electron chi connectivity index (χ2n) is 2.92. The van der Waals surface area contributed by atoms with Crippen molar-refractivity contribution >= 4 is 0 Å². The van der Waals surface area contributed by atoms with E-state index in [1.165, 1.54) is 5.82 Å². The first kappa shape index (κ1) is 6.85. The summed E-state index contributed by atoms with van der Waals surface area (Å²) in [5.41, 5.74) is 0. The van der Waals surface area contributed by atoms with E-state index >= 15 is 0 Å². The van der Waals surface area contributed by atoms with Crippen molar-refractivity contribution in [3.05, 3.63) is 18.2 Å². The van der Waals surface area contributed by atoms with Gasteiger partial charge in [0.15, 0.2) is 0 Å². The minimum atomic E-state index is 1.02. The molecule has 0 unspecified atom stereocenters. The van der Waals surface area contributed by atoms with Gasteiger partial charge in [-0.05, 0) is 6.54 Å². The van der Waals surface area contributed by atoms with Gasteiger partial charge in [0.05, 0.1) is 6.67 Å². The quantitative estimate of drug-likeness (QED) is 0.589. The van der Waals surface area contributed by atoms with Crippen molar-refractivity contribution in [3.63, 3.8) is 0 Å². The predicted molar refractivity (Wildman–Crippen MR) is 43.2 cm³/mol. The second kappa shape index (κ2) is 2.66. The van der Waals surface area contributed by atoms with Crippen molar-refractivity contribution in [2.75, 3.05) is 13.1 Å². The third kappa shape index (κ3) is 1.16. The van der Waals surface area contributed by atoms with Crippen molar-refractivity contribution in [2.24, 2.45) is 0 Å². The molecule has 0 spiro atoms. The Labute approximate surface area is 66.6 Å². The Morgan fingerprint density at radius 3 is 3.36 bits per heavy atom. The molecular weight excluding hydrogens is 138 g/mol. The van der Waals surface area contributed by atoms with E-state index in [1.54, 1.807) is 0 Å². The number of fused-ring (bicyclic) bond motifs is 1. The molecule has 1 aromatic rings. The largest absolute Gasteiger partial charge is 0.321 e. The van der Waals surface area contributed by atoms with E-state index in [0.717, 1.165) is 26.2 Å². The zero-order valence-electron chi connectivity index (χ0n) is 6.82. The lowest BCUT2D eigenvalue weighted by Crippen LogP contribution is -2.33. The molecule has 0 bridgehead atoms. The highest BCUT2D eigenvalue weighted by molar-refractivity contribution is 4.95. The van der Waals surface area contributed by atoms with Crippen LogP contribution in [0.1, 0.15) is 12.7 Å². The summed E-state index contributed by atoms with van der Waals surface area (Å²) in [6.07, 6.45) is 5.03. The molecule has 1 aliphatic rings. The summed E-state index contributed by atoms with van der Waals surface area (Å²) < 4.78 is 2.22. The minimum Gasteiger partial charge on any atom is -0.321 e. The standard InChI is InChI=1S/C8H13N3/c1-2-10-5-3-8-9-4-6-11(8)7-10/h4,6H,2-3,5,7H2,1H3. The summed E-state index contributed by atoms with van der Waals surface area (Å²) in [4.78, 5) is 6.67. The zero-order chi connectivity index (χ0) is 7.68. The van der Waals surface area contributed by atoms with E-state index in [4.69, 9.17) is 0 Å². The molecule has 0 amide bonds. The molecule has 3 nitrogen and oxygen atoms in total. The van der Waals surface area contributed by atoms with Crippen LogP contribution in [0, 0.1) is 0 Å². The number of likely N-dealkylation sites (N-methyl/N-ethyl adjacent to an activating group) is 1. The normalized spacial score (nSPS) is 18.3.